The molecule has 1 aliphatic rings. The van der Waals surface area contributed by atoms with Crippen molar-refractivity contribution in [3.8, 4) is 11.8 Å². The standard InChI is InChI=1S/C18H24FNO/c1-2-20(17-8-4-3-5-9-17)14-15-10-11-18(19)16(13-15)7-6-12-21/h10-11,13,17,21H,2-5,8-9,12,14H2,1H3. The molecule has 2 rings (SSSR count). The summed E-state index contributed by atoms with van der Waals surface area (Å²) in [6, 6.07) is 5.78. The normalized spacial score (nSPS) is 15.8. The number of aliphatic hydroxyl groups excluding tert-OH is 1. The molecule has 0 bridgehead atoms. The first-order valence-electron chi connectivity index (χ1n) is 7.86. The maximum atomic E-state index is 13.7. The topological polar surface area (TPSA) is 23.5 Å². The molecule has 0 radical (unpaired) electrons. The van der Waals surface area contributed by atoms with Gasteiger partial charge in [0.2, 0.25) is 0 Å². The van der Waals surface area contributed by atoms with Crippen molar-refractivity contribution in [2.24, 2.45) is 0 Å². The third kappa shape index (κ3) is 4.56. The van der Waals surface area contributed by atoms with Gasteiger partial charge < -0.3 is 5.11 Å². The fourth-order valence-electron chi connectivity index (χ4n) is 3.08. The molecule has 0 atom stereocenters. The van der Waals surface area contributed by atoms with Gasteiger partial charge in [-0.15, -0.1) is 0 Å². The van der Waals surface area contributed by atoms with E-state index in [-0.39, 0.29) is 12.4 Å². The van der Waals surface area contributed by atoms with E-state index >= 15 is 0 Å². The Morgan fingerprint density at radius 3 is 2.71 bits per heavy atom. The molecule has 0 aromatic heterocycles. The summed E-state index contributed by atoms with van der Waals surface area (Å²) in [5.41, 5.74) is 1.47. The average Bonchev–Trinajstić information content (AvgIpc) is 2.53. The lowest BCUT2D eigenvalue weighted by Gasteiger charge is -2.33. The van der Waals surface area contributed by atoms with Crippen molar-refractivity contribution in [2.45, 2.75) is 51.6 Å². The number of halogens is 1. The largest absolute Gasteiger partial charge is 0.384 e. The van der Waals surface area contributed by atoms with E-state index < -0.39 is 0 Å². The van der Waals surface area contributed by atoms with Gasteiger partial charge in [0, 0.05) is 12.6 Å². The van der Waals surface area contributed by atoms with E-state index in [1.54, 1.807) is 0 Å². The SMILES string of the molecule is CCN(Cc1ccc(F)c(C#CCO)c1)C1CCCCC1. The molecule has 0 heterocycles. The van der Waals surface area contributed by atoms with Gasteiger partial charge in [0.25, 0.3) is 0 Å². The van der Waals surface area contributed by atoms with E-state index in [9.17, 15) is 4.39 Å². The Morgan fingerprint density at radius 1 is 1.29 bits per heavy atom. The molecule has 114 valence electrons. The number of rotatable bonds is 4. The van der Waals surface area contributed by atoms with Gasteiger partial charge in [-0.2, -0.15) is 0 Å². The van der Waals surface area contributed by atoms with Crippen molar-refractivity contribution in [3.63, 3.8) is 0 Å². The van der Waals surface area contributed by atoms with Crippen molar-refractivity contribution in [3.05, 3.63) is 35.1 Å². The van der Waals surface area contributed by atoms with Crippen LogP contribution < -0.4 is 0 Å². The summed E-state index contributed by atoms with van der Waals surface area (Å²) in [5, 5.41) is 8.74. The molecule has 0 saturated heterocycles. The van der Waals surface area contributed by atoms with E-state index in [4.69, 9.17) is 5.11 Å². The summed E-state index contributed by atoms with van der Waals surface area (Å²) < 4.78 is 13.7. The highest BCUT2D eigenvalue weighted by atomic mass is 19.1. The van der Waals surface area contributed by atoms with Crippen LogP contribution in [0.2, 0.25) is 0 Å². The van der Waals surface area contributed by atoms with E-state index in [0.717, 1.165) is 18.7 Å². The summed E-state index contributed by atoms with van der Waals surface area (Å²) in [6.45, 7) is 3.80. The summed E-state index contributed by atoms with van der Waals surface area (Å²) >= 11 is 0. The minimum absolute atomic E-state index is 0.243. The number of benzene rings is 1. The fraction of sp³-hybridized carbons (Fsp3) is 0.556. The van der Waals surface area contributed by atoms with Crippen LogP contribution in [0.5, 0.6) is 0 Å². The monoisotopic (exact) mass is 289 g/mol. The molecule has 0 aliphatic heterocycles. The maximum absolute atomic E-state index is 13.7. The highest BCUT2D eigenvalue weighted by Crippen LogP contribution is 2.24. The molecule has 3 heteroatoms. The van der Waals surface area contributed by atoms with Gasteiger partial charge >= 0.3 is 0 Å². The van der Waals surface area contributed by atoms with E-state index in [1.807, 2.05) is 12.1 Å². The molecule has 1 fully saturated rings. The molecule has 0 unspecified atom stereocenters. The van der Waals surface area contributed by atoms with Crippen LogP contribution in [-0.4, -0.2) is 29.2 Å². The molecule has 1 saturated carbocycles. The average molecular weight is 289 g/mol. The van der Waals surface area contributed by atoms with Gasteiger partial charge in [0.1, 0.15) is 12.4 Å². The van der Waals surface area contributed by atoms with Crippen molar-refractivity contribution < 1.29 is 9.50 Å². The minimum atomic E-state index is -0.319. The summed E-state index contributed by atoms with van der Waals surface area (Å²) in [5.74, 6) is 4.88. The molecule has 2 nitrogen and oxygen atoms in total. The van der Waals surface area contributed by atoms with Crippen molar-refractivity contribution in [1.82, 2.24) is 4.90 Å². The van der Waals surface area contributed by atoms with Gasteiger partial charge in [0.05, 0.1) is 5.56 Å². The zero-order valence-corrected chi connectivity index (χ0v) is 12.7. The van der Waals surface area contributed by atoms with E-state index in [2.05, 4.69) is 23.7 Å². The molecular formula is C18H24FNO. The van der Waals surface area contributed by atoms with Crippen LogP contribution in [0.15, 0.2) is 18.2 Å². The number of aliphatic hydroxyl groups is 1. The molecule has 1 aromatic rings. The predicted octanol–water partition coefficient (Wildman–Crippen LogP) is 3.32. The van der Waals surface area contributed by atoms with Crippen LogP contribution in [0.25, 0.3) is 0 Å². The quantitative estimate of drug-likeness (QED) is 0.860. The summed E-state index contributed by atoms with van der Waals surface area (Å²) in [6.07, 6.45) is 6.53. The van der Waals surface area contributed by atoms with Crippen LogP contribution in [0.1, 0.15) is 50.2 Å². The van der Waals surface area contributed by atoms with Gasteiger partial charge in [0.15, 0.2) is 0 Å². The smallest absolute Gasteiger partial charge is 0.138 e. The molecule has 0 amide bonds. The zero-order chi connectivity index (χ0) is 15.1. The Bertz CT molecular complexity index is 512. The Hall–Kier alpha value is -1.37. The first-order chi connectivity index (χ1) is 10.2. The van der Waals surface area contributed by atoms with Crippen LogP contribution in [0, 0.1) is 17.7 Å². The second-order valence-electron chi connectivity index (χ2n) is 5.63. The third-order valence-electron chi connectivity index (χ3n) is 4.22. The molecule has 1 aliphatic carbocycles. The second kappa shape index (κ2) is 8.17. The fourth-order valence-corrected chi connectivity index (χ4v) is 3.08. The lowest BCUT2D eigenvalue weighted by Crippen LogP contribution is -2.36. The third-order valence-corrected chi connectivity index (χ3v) is 4.22. The Morgan fingerprint density at radius 2 is 2.05 bits per heavy atom. The maximum Gasteiger partial charge on any atom is 0.138 e. The first-order valence-corrected chi connectivity index (χ1v) is 7.86. The van der Waals surface area contributed by atoms with Gasteiger partial charge in [-0.1, -0.05) is 44.1 Å². The Balaban J connectivity index is 2.09. The lowest BCUT2D eigenvalue weighted by atomic mass is 9.94. The summed E-state index contributed by atoms with van der Waals surface area (Å²) in [4.78, 5) is 2.48. The van der Waals surface area contributed by atoms with Gasteiger partial charge in [-0.25, -0.2) is 4.39 Å². The van der Waals surface area contributed by atoms with Crippen LogP contribution >= 0.6 is 0 Å². The van der Waals surface area contributed by atoms with Crippen molar-refractivity contribution >= 4 is 0 Å². The minimum Gasteiger partial charge on any atom is -0.384 e. The zero-order valence-electron chi connectivity index (χ0n) is 12.7. The van der Waals surface area contributed by atoms with Crippen molar-refractivity contribution in [1.29, 1.82) is 0 Å². The van der Waals surface area contributed by atoms with Gasteiger partial charge in [-0.3, -0.25) is 4.90 Å². The van der Waals surface area contributed by atoms with E-state index in [1.165, 1.54) is 38.2 Å². The first kappa shape index (κ1) is 16.0. The molecule has 1 N–H and O–H groups in total. The van der Waals surface area contributed by atoms with Gasteiger partial charge in [-0.05, 0) is 37.1 Å². The number of hydrogen-bond acceptors (Lipinski definition) is 2. The molecule has 1 aromatic carbocycles. The highest BCUT2D eigenvalue weighted by Gasteiger charge is 2.20. The lowest BCUT2D eigenvalue weighted by molar-refractivity contribution is 0.156. The second-order valence-corrected chi connectivity index (χ2v) is 5.63. The predicted molar refractivity (Wildman–Crippen MR) is 83.3 cm³/mol. The summed E-state index contributed by atoms with van der Waals surface area (Å²) in [7, 11) is 0. The Labute approximate surface area is 127 Å². The number of nitrogens with zero attached hydrogens (tertiary/aromatic N) is 1. The van der Waals surface area contributed by atoms with Crippen LogP contribution in [0.3, 0.4) is 0 Å². The molecule has 0 spiro atoms. The van der Waals surface area contributed by atoms with E-state index in [0.29, 0.717) is 11.6 Å². The number of hydrogen-bond donors (Lipinski definition) is 1. The highest BCUT2D eigenvalue weighted by molar-refractivity contribution is 5.38. The van der Waals surface area contributed by atoms with Crippen LogP contribution in [0.4, 0.5) is 4.39 Å². The molecule has 21 heavy (non-hydrogen) atoms. The van der Waals surface area contributed by atoms with Crippen molar-refractivity contribution in [2.75, 3.05) is 13.2 Å². The Kier molecular flexibility index (Phi) is 6.22. The van der Waals surface area contributed by atoms with Crippen LogP contribution in [-0.2, 0) is 6.54 Å². The molecular weight excluding hydrogens is 265 g/mol.